The molecule has 0 bridgehead atoms. The predicted molar refractivity (Wildman–Crippen MR) is 104 cm³/mol. The molecule has 0 amide bonds. The molecular formula is C22H22N2O3. The first-order chi connectivity index (χ1) is 12.9. The van der Waals surface area contributed by atoms with Gasteiger partial charge in [0.1, 0.15) is 0 Å². The van der Waals surface area contributed by atoms with Gasteiger partial charge < -0.3 is 9.30 Å². The number of carbonyl (C=O) groups is 2. The van der Waals surface area contributed by atoms with Gasteiger partial charge in [-0.3, -0.25) is 9.78 Å². The van der Waals surface area contributed by atoms with E-state index in [-0.39, 0.29) is 12.4 Å². The lowest BCUT2D eigenvalue weighted by atomic mass is 10.1. The SMILES string of the molecule is Cc1ccc(-n2c(C)cc(C(=O)COC(=O)c3ccc(C)nc3)c2C)cc1. The standard InChI is InChI=1S/C22H22N2O3/c1-14-5-9-19(10-6-14)24-16(3)11-20(17(24)4)21(25)13-27-22(26)18-8-7-15(2)23-12-18/h5-12H,13H2,1-4H3. The van der Waals surface area contributed by atoms with Gasteiger partial charge in [-0.15, -0.1) is 0 Å². The summed E-state index contributed by atoms with van der Waals surface area (Å²) in [5.41, 5.74) is 5.66. The third kappa shape index (κ3) is 3.97. The number of ketones is 1. The zero-order valence-electron chi connectivity index (χ0n) is 15.9. The van der Waals surface area contributed by atoms with E-state index in [4.69, 9.17) is 4.74 Å². The number of pyridine rings is 1. The minimum atomic E-state index is -0.553. The number of aryl methyl sites for hydroxylation is 3. The number of hydrogen-bond donors (Lipinski definition) is 0. The number of esters is 1. The average molecular weight is 362 g/mol. The van der Waals surface area contributed by atoms with Gasteiger partial charge in [0.25, 0.3) is 0 Å². The highest BCUT2D eigenvalue weighted by Crippen LogP contribution is 2.21. The lowest BCUT2D eigenvalue weighted by Gasteiger charge is -2.10. The van der Waals surface area contributed by atoms with Crippen LogP contribution in [0.25, 0.3) is 5.69 Å². The van der Waals surface area contributed by atoms with Crippen LogP contribution >= 0.6 is 0 Å². The Hall–Kier alpha value is -3.21. The topological polar surface area (TPSA) is 61.2 Å². The molecule has 5 nitrogen and oxygen atoms in total. The summed E-state index contributed by atoms with van der Waals surface area (Å²) in [6, 6.07) is 13.3. The van der Waals surface area contributed by atoms with Crippen molar-refractivity contribution in [2.24, 2.45) is 0 Å². The average Bonchev–Trinajstić information content (AvgIpc) is 2.95. The van der Waals surface area contributed by atoms with Gasteiger partial charge in [-0.2, -0.15) is 0 Å². The fourth-order valence-electron chi connectivity index (χ4n) is 3.02. The second kappa shape index (κ2) is 7.58. The van der Waals surface area contributed by atoms with Crippen molar-refractivity contribution in [3.63, 3.8) is 0 Å². The molecule has 0 aliphatic carbocycles. The Morgan fingerprint density at radius 1 is 1.00 bits per heavy atom. The van der Waals surface area contributed by atoms with E-state index in [9.17, 15) is 9.59 Å². The molecule has 0 spiro atoms. The summed E-state index contributed by atoms with van der Waals surface area (Å²) in [6.45, 7) is 7.42. The van der Waals surface area contributed by atoms with Gasteiger partial charge in [-0.25, -0.2) is 4.79 Å². The summed E-state index contributed by atoms with van der Waals surface area (Å²) >= 11 is 0. The number of benzene rings is 1. The predicted octanol–water partition coefficient (Wildman–Crippen LogP) is 4.15. The van der Waals surface area contributed by atoms with Crippen molar-refractivity contribution in [3.05, 3.63) is 82.4 Å². The van der Waals surface area contributed by atoms with E-state index in [1.807, 2.05) is 62.6 Å². The zero-order valence-corrected chi connectivity index (χ0v) is 15.9. The van der Waals surface area contributed by atoms with Crippen molar-refractivity contribution in [2.75, 3.05) is 6.61 Å². The Morgan fingerprint density at radius 2 is 1.70 bits per heavy atom. The molecule has 27 heavy (non-hydrogen) atoms. The Balaban J connectivity index is 1.75. The fraction of sp³-hybridized carbons (Fsp3) is 0.227. The molecule has 2 aromatic heterocycles. The summed E-state index contributed by atoms with van der Waals surface area (Å²) in [5, 5.41) is 0. The summed E-state index contributed by atoms with van der Waals surface area (Å²) in [4.78, 5) is 28.7. The Morgan fingerprint density at radius 3 is 2.33 bits per heavy atom. The minimum absolute atomic E-state index is 0.227. The Labute approximate surface area is 158 Å². The van der Waals surface area contributed by atoms with Crippen molar-refractivity contribution in [2.45, 2.75) is 27.7 Å². The third-order valence-electron chi connectivity index (χ3n) is 4.51. The summed E-state index contributed by atoms with van der Waals surface area (Å²) < 4.78 is 7.20. The highest BCUT2D eigenvalue weighted by atomic mass is 16.5. The van der Waals surface area contributed by atoms with Gasteiger partial charge >= 0.3 is 5.97 Å². The second-order valence-corrected chi connectivity index (χ2v) is 6.64. The van der Waals surface area contributed by atoms with Crippen molar-refractivity contribution in [1.82, 2.24) is 9.55 Å². The minimum Gasteiger partial charge on any atom is -0.454 e. The normalized spacial score (nSPS) is 10.7. The molecule has 3 rings (SSSR count). The smallest absolute Gasteiger partial charge is 0.340 e. The fourth-order valence-corrected chi connectivity index (χ4v) is 3.02. The van der Waals surface area contributed by atoms with Crippen LogP contribution in [0.1, 0.15) is 43.4 Å². The maximum Gasteiger partial charge on any atom is 0.340 e. The molecule has 0 aliphatic rings. The molecule has 138 valence electrons. The van der Waals surface area contributed by atoms with E-state index in [0.29, 0.717) is 11.1 Å². The van der Waals surface area contributed by atoms with Crippen LogP contribution in [0, 0.1) is 27.7 Å². The van der Waals surface area contributed by atoms with Crippen molar-refractivity contribution in [3.8, 4) is 5.69 Å². The van der Waals surface area contributed by atoms with E-state index in [0.717, 1.165) is 22.8 Å². The summed E-state index contributed by atoms with van der Waals surface area (Å²) in [7, 11) is 0. The monoisotopic (exact) mass is 362 g/mol. The van der Waals surface area contributed by atoms with Crippen molar-refractivity contribution in [1.29, 1.82) is 0 Å². The number of carbonyl (C=O) groups excluding carboxylic acids is 2. The number of hydrogen-bond acceptors (Lipinski definition) is 4. The van der Waals surface area contributed by atoms with E-state index in [1.165, 1.54) is 11.8 Å². The maximum atomic E-state index is 12.6. The number of aromatic nitrogens is 2. The van der Waals surface area contributed by atoms with Crippen LogP contribution in [0.2, 0.25) is 0 Å². The molecular weight excluding hydrogens is 340 g/mol. The van der Waals surface area contributed by atoms with Crippen LogP contribution in [0.15, 0.2) is 48.7 Å². The summed E-state index contributed by atoms with van der Waals surface area (Å²) in [6.07, 6.45) is 1.45. The number of nitrogens with zero attached hydrogens (tertiary/aromatic N) is 2. The van der Waals surface area contributed by atoms with E-state index >= 15 is 0 Å². The Kier molecular flexibility index (Phi) is 5.21. The highest BCUT2D eigenvalue weighted by Gasteiger charge is 2.18. The maximum absolute atomic E-state index is 12.6. The third-order valence-corrected chi connectivity index (χ3v) is 4.51. The number of Topliss-reactive ketones (excluding diaryl/α,β-unsaturated/α-hetero) is 1. The molecule has 0 saturated carbocycles. The van der Waals surface area contributed by atoms with Gasteiger partial charge in [-0.1, -0.05) is 17.7 Å². The molecule has 2 heterocycles. The first-order valence-electron chi connectivity index (χ1n) is 8.76. The molecule has 0 N–H and O–H groups in total. The molecule has 0 saturated heterocycles. The van der Waals surface area contributed by atoms with Crippen LogP contribution in [0.5, 0.6) is 0 Å². The van der Waals surface area contributed by atoms with Crippen LogP contribution in [-0.4, -0.2) is 27.9 Å². The molecule has 3 aromatic rings. The number of ether oxygens (including phenoxy) is 1. The van der Waals surface area contributed by atoms with Gasteiger partial charge in [-0.05, 0) is 58.0 Å². The van der Waals surface area contributed by atoms with E-state index in [1.54, 1.807) is 12.1 Å². The van der Waals surface area contributed by atoms with Crippen LogP contribution in [0.3, 0.4) is 0 Å². The van der Waals surface area contributed by atoms with Crippen molar-refractivity contribution < 1.29 is 14.3 Å². The highest BCUT2D eigenvalue weighted by molar-refractivity contribution is 6.00. The molecule has 1 aromatic carbocycles. The van der Waals surface area contributed by atoms with Gasteiger partial charge in [0.05, 0.1) is 5.56 Å². The van der Waals surface area contributed by atoms with Gasteiger partial charge in [0, 0.05) is 34.5 Å². The van der Waals surface area contributed by atoms with E-state index < -0.39 is 5.97 Å². The molecule has 0 atom stereocenters. The lowest BCUT2D eigenvalue weighted by Crippen LogP contribution is -2.15. The molecule has 0 unspecified atom stereocenters. The molecule has 0 aliphatic heterocycles. The van der Waals surface area contributed by atoms with Crippen LogP contribution < -0.4 is 0 Å². The second-order valence-electron chi connectivity index (χ2n) is 6.64. The van der Waals surface area contributed by atoms with Crippen LogP contribution in [-0.2, 0) is 4.74 Å². The van der Waals surface area contributed by atoms with Crippen LogP contribution in [0.4, 0.5) is 0 Å². The first kappa shape index (κ1) is 18.6. The van der Waals surface area contributed by atoms with Gasteiger partial charge in [0.15, 0.2) is 6.61 Å². The zero-order chi connectivity index (χ0) is 19.6. The van der Waals surface area contributed by atoms with E-state index in [2.05, 4.69) is 4.98 Å². The first-order valence-corrected chi connectivity index (χ1v) is 8.76. The Bertz CT molecular complexity index is 984. The number of rotatable bonds is 5. The molecule has 0 fully saturated rings. The lowest BCUT2D eigenvalue weighted by molar-refractivity contribution is 0.0474. The molecule has 5 heteroatoms. The molecule has 0 radical (unpaired) electrons. The largest absolute Gasteiger partial charge is 0.454 e. The van der Waals surface area contributed by atoms with Gasteiger partial charge in [0.2, 0.25) is 5.78 Å². The van der Waals surface area contributed by atoms with Crippen molar-refractivity contribution >= 4 is 11.8 Å². The summed E-state index contributed by atoms with van der Waals surface area (Å²) in [5.74, 6) is -0.780. The quantitative estimate of drug-likeness (QED) is 0.505.